The molecule has 0 aliphatic rings. The molecule has 5 rings (SSSR count). The van der Waals surface area contributed by atoms with Gasteiger partial charge < -0.3 is 27.5 Å². The van der Waals surface area contributed by atoms with Crippen molar-refractivity contribution in [2.75, 3.05) is 14.2 Å². The fourth-order valence-corrected chi connectivity index (χ4v) is 8.34. The van der Waals surface area contributed by atoms with Crippen LogP contribution in [0.3, 0.4) is 0 Å². The number of rotatable bonds is 5. The summed E-state index contributed by atoms with van der Waals surface area (Å²) in [4.78, 5) is 0. The van der Waals surface area contributed by atoms with Crippen molar-refractivity contribution in [1.82, 2.24) is 0 Å². The first-order valence-electron chi connectivity index (χ1n) is 20.2. The Morgan fingerprint density at radius 1 is 0.439 bits per heavy atom. The number of aromatic hydroxyl groups is 1. The Morgan fingerprint density at radius 2 is 0.807 bits per heavy atom. The lowest BCUT2D eigenvalue weighted by molar-refractivity contribution is 0.413. The van der Waals surface area contributed by atoms with Crippen molar-refractivity contribution in [3.8, 4) is 34.1 Å². The predicted molar refractivity (Wildman–Crippen MR) is 241 cm³/mol. The Balaban J connectivity index is 2.06. The summed E-state index contributed by atoms with van der Waals surface area (Å²) >= 11 is 0. The second-order valence-electron chi connectivity index (χ2n) is 21.9. The molecule has 0 fully saturated rings. The Labute approximate surface area is 344 Å². The van der Waals surface area contributed by atoms with Gasteiger partial charge in [-0.15, -0.1) is 0 Å². The smallest absolute Gasteiger partial charge is 0.453 e. The van der Waals surface area contributed by atoms with Gasteiger partial charge in [0.2, 0.25) is 0 Å². The van der Waals surface area contributed by atoms with Crippen LogP contribution < -0.4 is 14.0 Å². The Hall–Kier alpha value is -4.02. The number of hydrogen-bond acceptors (Lipinski definition) is 6. The number of ether oxygens (including phenoxy) is 2. The highest BCUT2D eigenvalue weighted by atomic mass is 31.1. The van der Waals surface area contributed by atoms with Crippen molar-refractivity contribution in [2.24, 2.45) is 0 Å². The molecule has 5 aromatic rings. The van der Waals surface area contributed by atoms with E-state index < -0.39 is 8.24 Å². The Kier molecular flexibility index (Phi) is 11.3. The SMILES string of the molecule is COc1cc(C(C)(C)C)c2op(Oc3c(-c4cc(C(C)(C)C)cc(C(C)(C)C)c4O)cc(C(C)(C)C)cc3C(C)(C)C)oc3c(C(C)(C)C)cc(OC)cc3c2c1. The van der Waals surface area contributed by atoms with E-state index in [-0.39, 0.29) is 38.2 Å². The summed E-state index contributed by atoms with van der Waals surface area (Å²) in [6, 6.07) is 16.9. The van der Waals surface area contributed by atoms with Crippen molar-refractivity contribution in [3.63, 3.8) is 0 Å². The Morgan fingerprint density at radius 3 is 1.16 bits per heavy atom. The van der Waals surface area contributed by atoms with Gasteiger partial charge in [-0.1, -0.05) is 137 Å². The van der Waals surface area contributed by atoms with Gasteiger partial charge in [0, 0.05) is 44.2 Å². The van der Waals surface area contributed by atoms with Gasteiger partial charge in [-0.2, -0.15) is 0 Å². The molecule has 57 heavy (non-hydrogen) atoms. The lowest BCUT2D eigenvalue weighted by atomic mass is 9.75. The summed E-state index contributed by atoms with van der Waals surface area (Å²) in [6.07, 6.45) is 0. The van der Waals surface area contributed by atoms with E-state index in [9.17, 15) is 5.11 Å². The van der Waals surface area contributed by atoms with E-state index in [1.54, 1.807) is 14.2 Å². The van der Waals surface area contributed by atoms with Crippen LogP contribution >= 0.6 is 8.24 Å². The van der Waals surface area contributed by atoms with Crippen molar-refractivity contribution >= 4 is 30.2 Å². The zero-order valence-corrected chi connectivity index (χ0v) is 39.4. The first-order chi connectivity index (χ1) is 25.9. The van der Waals surface area contributed by atoms with Gasteiger partial charge in [-0.05, 0) is 80.0 Å². The van der Waals surface area contributed by atoms with E-state index in [2.05, 4.69) is 161 Å². The van der Waals surface area contributed by atoms with Crippen LogP contribution in [0.5, 0.6) is 23.0 Å². The molecule has 0 amide bonds. The van der Waals surface area contributed by atoms with Crippen LogP contribution in [0.4, 0.5) is 0 Å². The molecule has 0 atom stereocenters. The summed E-state index contributed by atoms with van der Waals surface area (Å²) < 4.78 is 33.5. The minimum absolute atomic E-state index is 0.183. The quantitative estimate of drug-likeness (QED) is 0.191. The molecule has 0 radical (unpaired) electrons. The number of phenolic OH excluding ortho intramolecular Hbond substituents is 1. The second kappa shape index (κ2) is 14.7. The van der Waals surface area contributed by atoms with E-state index in [0.29, 0.717) is 16.9 Å². The average molecular weight is 797 g/mol. The normalized spacial score (nSPS) is 13.3. The van der Waals surface area contributed by atoms with E-state index in [1.165, 1.54) is 0 Å². The van der Waals surface area contributed by atoms with E-state index in [4.69, 9.17) is 22.4 Å². The van der Waals surface area contributed by atoms with Crippen LogP contribution in [0.25, 0.3) is 33.1 Å². The molecule has 4 aromatic carbocycles. The van der Waals surface area contributed by atoms with Crippen molar-refractivity contribution in [3.05, 3.63) is 81.9 Å². The summed E-state index contributed by atoms with van der Waals surface area (Å²) in [7, 11) is 1.24. The highest BCUT2D eigenvalue weighted by Crippen LogP contribution is 2.53. The minimum atomic E-state index is -2.14. The molecule has 0 saturated heterocycles. The fraction of sp³-hybridized carbons (Fsp3) is 0.520. The molecule has 7 heteroatoms. The van der Waals surface area contributed by atoms with Gasteiger partial charge in [0.15, 0.2) is 0 Å². The molecule has 0 aliphatic carbocycles. The molecule has 1 N–H and O–H groups in total. The first-order valence-corrected chi connectivity index (χ1v) is 21.3. The van der Waals surface area contributed by atoms with Gasteiger partial charge in [0.1, 0.15) is 34.2 Å². The van der Waals surface area contributed by atoms with Crippen LogP contribution in [0.2, 0.25) is 0 Å². The highest BCUT2D eigenvalue weighted by Gasteiger charge is 2.33. The number of fused-ring (bicyclic) bond motifs is 3. The zero-order valence-electron chi connectivity index (χ0n) is 38.6. The summed E-state index contributed by atoms with van der Waals surface area (Å²) in [5.74, 6) is 2.32. The van der Waals surface area contributed by atoms with E-state index >= 15 is 0 Å². The van der Waals surface area contributed by atoms with Crippen LogP contribution in [0.15, 0.2) is 56.9 Å². The molecule has 1 heterocycles. The molecule has 1 aromatic heterocycles. The van der Waals surface area contributed by atoms with Crippen molar-refractivity contribution in [1.29, 1.82) is 0 Å². The lowest BCUT2D eigenvalue weighted by Gasteiger charge is -2.31. The van der Waals surface area contributed by atoms with Gasteiger partial charge >= 0.3 is 8.24 Å². The largest absolute Gasteiger partial charge is 0.507 e. The third-order valence-electron chi connectivity index (χ3n) is 10.8. The van der Waals surface area contributed by atoms with Gasteiger partial charge in [0.25, 0.3) is 0 Å². The fourth-order valence-electron chi connectivity index (χ4n) is 7.19. The number of hydrogen-bond donors (Lipinski definition) is 1. The third-order valence-corrected chi connectivity index (χ3v) is 11.8. The number of methoxy groups -OCH3 is 2. The van der Waals surface area contributed by atoms with Crippen LogP contribution in [-0.2, 0) is 32.5 Å². The van der Waals surface area contributed by atoms with Crippen LogP contribution in [0.1, 0.15) is 158 Å². The molecule has 6 nitrogen and oxygen atoms in total. The summed E-state index contributed by atoms with van der Waals surface area (Å²) in [6.45, 7) is 39.4. The molecule has 0 bridgehead atoms. The van der Waals surface area contributed by atoms with Crippen molar-refractivity contribution in [2.45, 2.75) is 157 Å². The second-order valence-corrected chi connectivity index (χ2v) is 22.9. The summed E-state index contributed by atoms with van der Waals surface area (Å²) in [5, 5.41) is 14.1. The summed E-state index contributed by atoms with van der Waals surface area (Å²) in [5.41, 5.74) is 7.27. The first kappa shape index (κ1) is 44.1. The molecule has 0 saturated carbocycles. The topological polar surface area (TPSA) is 74.2 Å². The molecular formula is C50H69O6P. The molecular weight excluding hydrogens is 728 g/mol. The van der Waals surface area contributed by atoms with Gasteiger partial charge in [0.05, 0.1) is 14.2 Å². The standard InChI is InChI=1S/C50H69O6P/c1-45(2,3)29-21-33(41(51)37(23-29)47(7,8)9)34-22-30(46(4,5)6)24-38(48(10,11)12)42(34)54-57-55-43-35(25-31(52-19)27-39(43)49(13,14)15)36-26-32(53-20)28-40(44(36)56-57)50(16,17)18/h21-28,51H,1-20H3. The third kappa shape index (κ3) is 9.02. The maximum atomic E-state index is 12.4. The van der Waals surface area contributed by atoms with E-state index in [1.807, 2.05) is 12.1 Å². The monoisotopic (exact) mass is 796 g/mol. The Bertz CT molecular complexity index is 2270. The zero-order chi connectivity index (χ0) is 43.0. The molecule has 0 aliphatic heterocycles. The average Bonchev–Trinajstić information content (AvgIpc) is 3.20. The minimum Gasteiger partial charge on any atom is -0.507 e. The van der Waals surface area contributed by atoms with Gasteiger partial charge in [-0.25, -0.2) is 0 Å². The highest BCUT2D eigenvalue weighted by molar-refractivity contribution is 7.32. The molecule has 310 valence electrons. The maximum absolute atomic E-state index is 12.4. The van der Waals surface area contributed by atoms with Crippen LogP contribution in [-0.4, -0.2) is 19.3 Å². The van der Waals surface area contributed by atoms with E-state index in [0.717, 1.165) is 66.8 Å². The maximum Gasteiger partial charge on any atom is 0.453 e. The number of phenols is 1. The lowest BCUT2D eigenvalue weighted by Crippen LogP contribution is -2.19. The van der Waals surface area contributed by atoms with Gasteiger partial charge in [-0.3, -0.25) is 0 Å². The molecule has 0 unspecified atom stereocenters. The number of benzene rings is 4. The molecule has 0 spiro atoms. The van der Waals surface area contributed by atoms with Crippen molar-refractivity contribution < 1.29 is 27.5 Å². The predicted octanol–water partition coefficient (Wildman–Crippen LogP) is 15.3. The van der Waals surface area contributed by atoms with Crippen LogP contribution in [0, 0.1) is 0 Å².